The highest BCUT2D eigenvalue weighted by Gasteiger charge is 2.34. The third kappa shape index (κ3) is 4.02. The van der Waals surface area contributed by atoms with Gasteiger partial charge in [0.25, 0.3) is 0 Å². The Bertz CT molecular complexity index is 918. The van der Waals surface area contributed by atoms with Crippen molar-refractivity contribution in [2.45, 2.75) is 19.4 Å². The highest BCUT2D eigenvalue weighted by Crippen LogP contribution is 2.32. The summed E-state index contributed by atoms with van der Waals surface area (Å²) in [7, 11) is 0. The van der Waals surface area contributed by atoms with Crippen LogP contribution in [0.5, 0.6) is 0 Å². The first-order chi connectivity index (χ1) is 13.5. The largest absolute Gasteiger partial charge is 0.323 e. The molecule has 0 radical (unpaired) electrons. The average Bonchev–Trinajstić information content (AvgIpc) is 2.69. The summed E-state index contributed by atoms with van der Waals surface area (Å²) in [6.07, 6.45) is 1.76. The van der Waals surface area contributed by atoms with Crippen molar-refractivity contribution in [3.05, 3.63) is 58.1 Å². The van der Waals surface area contributed by atoms with Crippen molar-refractivity contribution >= 4 is 46.4 Å². The predicted octanol–water partition coefficient (Wildman–Crippen LogP) is 4.19. The molecule has 0 aliphatic carbocycles. The zero-order chi connectivity index (χ0) is 19.7. The Hall–Kier alpha value is -2.08. The van der Waals surface area contributed by atoms with E-state index >= 15 is 0 Å². The Morgan fingerprint density at radius 2 is 2.00 bits per heavy atom. The Labute approximate surface area is 174 Å². The number of carbonyl (C=O) groups excluding carboxylic acids is 2. The second-order valence-corrected chi connectivity index (χ2v) is 8.14. The smallest absolute Gasteiger partial charge is 0.244 e. The SMILES string of the molecule is O=C1CN(C(=O)C2CCCN(Cc3ccc(Cl)cc3Cl)C2)c2ccccc2N1. The Balaban J connectivity index is 1.49. The molecule has 7 heteroatoms. The number of hydrogen-bond acceptors (Lipinski definition) is 3. The van der Waals surface area contributed by atoms with Crippen LogP contribution >= 0.6 is 23.2 Å². The minimum absolute atomic E-state index is 0.00852. The van der Waals surface area contributed by atoms with Crippen LogP contribution in [0.1, 0.15) is 18.4 Å². The van der Waals surface area contributed by atoms with Crippen LogP contribution in [0.3, 0.4) is 0 Å². The molecule has 0 aromatic heterocycles. The van der Waals surface area contributed by atoms with Crippen molar-refractivity contribution < 1.29 is 9.59 Å². The molecule has 0 saturated carbocycles. The number of nitrogens with one attached hydrogen (secondary N) is 1. The Morgan fingerprint density at radius 1 is 1.18 bits per heavy atom. The molecule has 2 aromatic rings. The van der Waals surface area contributed by atoms with E-state index in [4.69, 9.17) is 23.2 Å². The lowest BCUT2D eigenvalue weighted by Crippen LogP contribution is -2.48. The van der Waals surface area contributed by atoms with E-state index in [2.05, 4.69) is 10.2 Å². The first-order valence-electron chi connectivity index (χ1n) is 9.38. The molecule has 146 valence electrons. The van der Waals surface area contributed by atoms with Gasteiger partial charge in [-0.2, -0.15) is 0 Å². The van der Waals surface area contributed by atoms with E-state index in [1.165, 1.54) is 0 Å². The van der Waals surface area contributed by atoms with Gasteiger partial charge in [-0.3, -0.25) is 14.5 Å². The molecular weight excluding hydrogens is 397 g/mol. The molecule has 4 rings (SSSR count). The molecule has 0 bridgehead atoms. The highest BCUT2D eigenvalue weighted by molar-refractivity contribution is 6.35. The fourth-order valence-electron chi connectivity index (χ4n) is 3.94. The molecule has 1 fully saturated rings. The van der Waals surface area contributed by atoms with Crippen molar-refractivity contribution in [3.63, 3.8) is 0 Å². The number of rotatable bonds is 3. The number of nitrogens with zero attached hydrogens (tertiary/aromatic N) is 2. The summed E-state index contributed by atoms with van der Waals surface area (Å²) >= 11 is 12.3. The molecule has 2 aliphatic rings. The first kappa shape index (κ1) is 19.2. The van der Waals surface area contributed by atoms with E-state index in [0.29, 0.717) is 28.8 Å². The van der Waals surface area contributed by atoms with Crippen LogP contribution in [0.2, 0.25) is 10.0 Å². The molecule has 1 atom stereocenters. The summed E-state index contributed by atoms with van der Waals surface area (Å²) in [5.74, 6) is -0.291. The number of hydrogen-bond donors (Lipinski definition) is 1. The van der Waals surface area contributed by atoms with Crippen LogP contribution in [0, 0.1) is 5.92 Å². The number of piperidine rings is 1. The van der Waals surface area contributed by atoms with E-state index in [1.54, 1.807) is 11.0 Å². The number of likely N-dealkylation sites (tertiary alicyclic amines) is 1. The summed E-state index contributed by atoms with van der Waals surface area (Å²) in [6, 6.07) is 12.9. The standard InChI is InChI=1S/C21H21Cl2N3O2/c22-16-8-7-14(17(23)10-16)11-25-9-3-4-15(12-25)21(28)26-13-20(27)24-18-5-1-2-6-19(18)26/h1-2,5-8,10,15H,3-4,9,11-13H2,(H,24,27). The number of benzene rings is 2. The number of carbonyl (C=O) groups is 2. The lowest BCUT2D eigenvalue weighted by Gasteiger charge is -2.36. The molecule has 1 N–H and O–H groups in total. The summed E-state index contributed by atoms with van der Waals surface area (Å²) in [6.45, 7) is 2.31. The molecule has 28 heavy (non-hydrogen) atoms. The van der Waals surface area contributed by atoms with Gasteiger partial charge in [0.2, 0.25) is 11.8 Å². The van der Waals surface area contributed by atoms with Gasteiger partial charge in [0.05, 0.1) is 17.3 Å². The Kier molecular flexibility index (Phi) is 5.58. The van der Waals surface area contributed by atoms with Gasteiger partial charge in [-0.15, -0.1) is 0 Å². The molecule has 0 spiro atoms. The lowest BCUT2D eigenvalue weighted by molar-refractivity contribution is -0.126. The van der Waals surface area contributed by atoms with Crippen LogP contribution in [0.25, 0.3) is 0 Å². The summed E-state index contributed by atoms with van der Waals surface area (Å²) < 4.78 is 0. The number of amides is 2. The number of fused-ring (bicyclic) bond motifs is 1. The van der Waals surface area contributed by atoms with Crippen LogP contribution in [0.4, 0.5) is 11.4 Å². The highest BCUT2D eigenvalue weighted by atomic mass is 35.5. The van der Waals surface area contributed by atoms with Crippen molar-refractivity contribution in [2.75, 3.05) is 29.9 Å². The Morgan fingerprint density at radius 3 is 2.82 bits per heavy atom. The van der Waals surface area contributed by atoms with E-state index in [1.807, 2.05) is 36.4 Å². The van der Waals surface area contributed by atoms with Crippen LogP contribution in [-0.4, -0.2) is 36.3 Å². The average molecular weight is 418 g/mol. The van der Waals surface area contributed by atoms with E-state index in [9.17, 15) is 9.59 Å². The minimum Gasteiger partial charge on any atom is -0.323 e. The van der Waals surface area contributed by atoms with Gasteiger partial charge in [0.1, 0.15) is 6.54 Å². The van der Waals surface area contributed by atoms with Crippen molar-refractivity contribution in [1.29, 1.82) is 0 Å². The van der Waals surface area contributed by atoms with E-state index < -0.39 is 0 Å². The summed E-state index contributed by atoms with van der Waals surface area (Å²) in [4.78, 5) is 29.2. The maximum atomic E-state index is 13.2. The van der Waals surface area contributed by atoms with E-state index in [-0.39, 0.29) is 24.3 Å². The van der Waals surface area contributed by atoms with Gasteiger partial charge in [-0.1, -0.05) is 41.4 Å². The zero-order valence-corrected chi connectivity index (χ0v) is 16.8. The minimum atomic E-state index is -0.160. The second-order valence-electron chi connectivity index (χ2n) is 7.30. The third-order valence-corrected chi connectivity index (χ3v) is 5.89. The molecule has 2 aliphatic heterocycles. The van der Waals surface area contributed by atoms with Crippen LogP contribution < -0.4 is 10.2 Å². The fraction of sp³-hybridized carbons (Fsp3) is 0.333. The quantitative estimate of drug-likeness (QED) is 0.814. The van der Waals surface area contributed by atoms with Gasteiger partial charge in [0.15, 0.2) is 0 Å². The molecule has 1 unspecified atom stereocenters. The summed E-state index contributed by atoms with van der Waals surface area (Å²) in [5.41, 5.74) is 2.46. The van der Waals surface area contributed by atoms with E-state index in [0.717, 1.165) is 30.6 Å². The van der Waals surface area contributed by atoms with Gasteiger partial charge < -0.3 is 10.2 Å². The van der Waals surface area contributed by atoms with Gasteiger partial charge in [0, 0.05) is 23.1 Å². The lowest BCUT2D eigenvalue weighted by atomic mass is 9.95. The maximum Gasteiger partial charge on any atom is 0.244 e. The third-order valence-electron chi connectivity index (χ3n) is 5.30. The molecular formula is C21H21Cl2N3O2. The van der Waals surface area contributed by atoms with Crippen LogP contribution in [-0.2, 0) is 16.1 Å². The molecule has 5 nitrogen and oxygen atoms in total. The molecule has 2 aromatic carbocycles. The number of anilines is 2. The fourth-order valence-corrected chi connectivity index (χ4v) is 4.41. The molecule has 2 heterocycles. The predicted molar refractivity (Wildman–Crippen MR) is 112 cm³/mol. The molecule has 2 amide bonds. The van der Waals surface area contributed by atoms with Gasteiger partial charge in [-0.05, 0) is 49.2 Å². The topological polar surface area (TPSA) is 52.7 Å². The monoisotopic (exact) mass is 417 g/mol. The zero-order valence-electron chi connectivity index (χ0n) is 15.3. The van der Waals surface area contributed by atoms with Crippen molar-refractivity contribution in [1.82, 2.24) is 4.90 Å². The second kappa shape index (κ2) is 8.11. The van der Waals surface area contributed by atoms with Crippen LogP contribution in [0.15, 0.2) is 42.5 Å². The number of halogens is 2. The van der Waals surface area contributed by atoms with Gasteiger partial charge >= 0.3 is 0 Å². The molecule has 1 saturated heterocycles. The van der Waals surface area contributed by atoms with Crippen molar-refractivity contribution in [3.8, 4) is 0 Å². The van der Waals surface area contributed by atoms with Crippen molar-refractivity contribution in [2.24, 2.45) is 5.92 Å². The maximum absolute atomic E-state index is 13.2. The number of para-hydroxylation sites is 2. The summed E-state index contributed by atoms with van der Waals surface area (Å²) in [5, 5.41) is 4.09. The first-order valence-corrected chi connectivity index (χ1v) is 10.1. The normalized spacial score (nSPS) is 19.9. The van der Waals surface area contributed by atoms with Gasteiger partial charge in [-0.25, -0.2) is 0 Å².